The smallest absolute Gasteiger partial charge is 0.253 e. The first-order valence-corrected chi connectivity index (χ1v) is 11.9. The second-order valence-corrected chi connectivity index (χ2v) is 9.56. The maximum absolute atomic E-state index is 13.7. The summed E-state index contributed by atoms with van der Waals surface area (Å²) in [5.41, 5.74) is 1.89. The van der Waals surface area contributed by atoms with Gasteiger partial charge in [0.1, 0.15) is 0 Å². The number of nitrogens with zero attached hydrogens (tertiary/aromatic N) is 3. The first kappa shape index (κ1) is 21.4. The number of aryl methyl sites for hydroxylation is 1. The summed E-state index contributed by atoms with van der Waals surface area (Å²) in [4.78, 5) is 33.1. The SMILES string of the molecule is Cc1cccc(C(=O)N2CCN([C@@H](C(=O)N3CCCC[C@H]3C)C3CCCC3)CC2)c1. The van der Waals surface area contributed by atoms with E-state index in [2.05, 4.69) is 16.7 Å². The van der Waals surface area contributed by atoms with Crippen LogP contribution in [-0.2, 0) is 4.79 Å². The molecule has 2 heterocycles. The zero-order valence-electron chi connectivity index (χ0n) is 18.7. The molecule has 0 unspecified atom stereocenters. The molecule has 0 radical (unpaired) electrons. The molecule has 1 aromatic rings. The molecule has 2 amide bonds. The lowest BCUT2D eigenvalue weighted by Crippen LogP contribution is -2.60. The minimum atomic E-state index is 0.00396. The summed E-state index contributed by atoms with van der Waals surface area (Å²) in [5, 5.41) is 0. The van der Waals surface area contributed by atoms with Gasteiger partial charge in [0.15, 0.2) is 0 Å². The number of carbonyl (C=O) groups is 2. The molecule has 164 valence electrons. The van der Waals surface area contributed by atoms with Gasteiger partial charge in [-0.1, -0.05) is 30.5 Å². The summed E-state index contributed by atoms with van der Waals surface area (Å²) in [5.74, 6) is 0.949. The second kappa shape index (κ2) is 9.51. The second-order valence-electron chi connectivity index (χ2n) is 9.56. The lowest BCUT2D eigenvalue weighted by atomic mass is 9.92. The molecule has 0 bridgehead atoms. The first-order chi connectivity index (χ1) is 14.5. The van der Waals surface area contributed by atoms with Crippen LogP contribution >= 0.6 is 0 Å². The predicted molar refractivity (Wildman–Crippen MR) is 119 cm³/mol. The van der Waals surface area contributed by atoms with Crippen LogP contribution in [0, 0.1) is 12.8 Å². The fourth-order valence-corrected chi connectivity index (χ4v) is 5.69. The van der Waals surface area contributed by atoms with Gasteiger partial charge >= 0.3 is 0 Å². The number of likely N-dealkylation sites (tertiary alicyclic amines) is 1. The number of hydrogen-bond donors (Lipinski definition) is 0. The van der Waals surface area contributed by atoms with Crippen LogP contribution in [0.25, 0.3) is 0 Å². The molecule has 2 atom stereocenters. The Morgan fingerprint density at radius 3 is 2.30 bits per heavy atom. The third-order valence-electron chi connectivity index (χ3n) is 7.45. The molecule has 0 spiro atoms. The van der Waals surface area contributed by atoms with Crippen LogP contribution in [0.2, 0.25) is 0 Å². The largest absolute Gasteiger partial charge is 0.339 e. The molecule has 4 rings (SSSR count). The molecule has 2 saturated heterocycles. The van der Waals surface area contributed by atoms with Crippen LogP contribution in [0.4, 0.5) is 0 Å². The zero-order valence-corrected chi connectivity index (χ0v) is 18.7. The number of amides is 2. The van der Waals surface area contributed by atoms with E-state index in [1.54, 1.807) is 0 Å². The molecular formula is C25H37N3O2. The van der Waals surface area contributed by atoms with Crippen molar-refractivity contribution in [2.24, 2.45) is 5.92 Å². The van der Waals surface area contributed by atoms with E-state index in [1.807, 2.05) is 36.1 Å². The van der Waals surface area contributed by atoms with Gasteiger partial charge in [-0.25, -0.2) is 0 Å². The van der Waals surface area contributed by atoms with Gasteiger partial charge in [-0.3, -0.25) is 14.5 Å². The normalized spacial score (nSPS) is 24.8. The highest BCUT2D eigenvalue weighted by Crippen LogP contribution is 2.33. The Morgan fingerprint density at radius 2 is 1.63 bits per heavy atom. The summed E-state index contributed by atoms with van der Waals surface area (Å²) in [6, 6.07) is 8.21. The lowest BCUT2D eigenvalue weighted by Gasteiger charge is -2.44. The summed E-state index contributed by atoms with van der Waals surface area (Å²) >= 11 is 0. The maximum Gasteiger partial charge on any atom is 0.253 e. The Morgan fingerprint density at radius 1 is 0.933 bits per heavy atom. The maximum atomic E-state index is 13.7. The van der Waals surface area contributed by atoms with Crippen molar-refractivity contribution in [2.45, 2.75) is 70.9 Å². The molecule has 5 nitrogen and oxygen atoms in total. The summed E-state index contributed by atoms with van der Waals surface area (Å²) in [6.45, 7) is 8.15. The van der Waals surface area contributed by atoms with Gasteiger partial charge in [-0.2, -0.15) is 0 Å². The number of carbonyl (C=O) groups excluding carboxylic acids is 2. The van der Waals surface area contributed by atoms with Gasteiger partial charge in [-0.05, 0) is 64.0 Å². The van der Waals surface area contributed by atoms with Crippen LogP contribution in [-0.4, -0.2) is 71.3 Å². The van der Waals surface area contributed by atoms with Crippen molar-refractivity contribution in [3.8, 4) is 0 Å². The van der Waals surface area contributed by atoms with Gasteiger partial charge < -0.3 is 9.80 Å². The summed E-state index contributed by atoms with van der Waals surface area (Å²) in [7, 11) is 0. The van der Waals surface area contributed by atoms with Crippen molar-refractivity contribution in [2.75, 3.05) is 32.7 Å². The molecule has 0 N–H and O–H groups in total. The number of hydrogen-bond acceptors (Lipinski definition) is 3. The molecular weight excluding hydrogens is 374 g/mol. The topological polar surface area (TPSA) is 43.9 Å². The van der Waals surface area contributed by atoms with Crippen LogP contribution in [0.3, 0.4) is 0 Å². The monoisotopic (exact) mass is 411 g/mol. The van der Waals surface area contributed by atoms with Gasteiger partial charge in [-0.15, -0.1) is 0 Å². The van der Waals surface area contributed by atoms with E-state index in [0.29, 0.717) is 31.0 Å². The number of benzene rings is 1. The van der Waals surface area contributed by atoms with Crippen LogP contribution in [0.5, 0.6) is 0 Å². The Bertz CT molecular complexity index is 751. The van der Waals surface area contributed by atoms with E-state index in [9.17, 15) is 9.59 Å². The van der Waals surface area contributed by atoms with E-state index in [4.69, 9.17) is 0 Å². The fourth-order valence-electron chi connectivity index (χ4n) is 5.69. The summed E-state index contributed by atoms with van der Waals surface area (Å²) < 4.78 is 0. The van der Waals surface area contributed by atoms with E-state index >= 15 is 0 Å². The van der Waals surface area contributed by atoms with Gasteiger partial charge in [0.2, 0.25) is 5.91 Å². The average molecular weight is 412 g/mol. The van der Waals surface area contributed by atoms with E-state index in [0.717, 1.165) is 43.6 Å². The zero-order chi connectivity index (χ0) is 21.1. The van der Waals surface area contributed by atoms with Crippen molar-refractivity contribution < 1.29 is 9.59 Å². The van der Waals surface area contributed by atoms with Crippen molar-refractivity contribution >= 4 is 11.8 Å². The van der Waals surface area contributed by atoms with Crippen LogP contribution in [0.1, 0.15) is 67.8 Å². The van der Waals surface area contributed by atoms with Crippen molar-refractivity contribution in [3.05, 3.63) is 35.4 Å². The van der Waals surface area contributed by atoms with E-state index in [1.165, 1.54) is 32.1 Å². The third kappa shape index (κ3) is 4.56. The highest BCUT2D eigenvalue weighted by atomic mass is 16.2. The molecule has 30 heavy (non-hydrogen) atoms. The molecule has 1 saturated carbocycles. The molecule has 1 aromatic carbocycles. The quantitative estimate of drug-likeness (QED) is 0.759. The molecule has 0 aromatic heterocycles. The van der Waals surface area contributed by atoms with Crippen LogP contribution in [0.15, 0.2) is 24.3 Å². The summed E-state index contributed by atoms with van der Waals surface area (Å²) in [6.07, 6.45) is 8.32. The van der Waals surface area contributed by atoms with Gasteiger partial charge in [0.05, 0.1) is 6.04 Å². The Balaban J connectivity index is 1.44. The third-order valence-corrected chi connectivity index (χ3v) is 7.45. The minimum Gasteiger partial charge on any atom is -0.339 e. The molecule has 5 heteroatoms. The van der Waals surface area contributed by atoms with Crippen molar-refractivity contribution in [1.82, 2.24) is 14.7 Å². The van der Waals surface area contributed by atoms with Crippen molar-refractivity contribution in [3.63, 3.8) is 0 Å². The standard InChI is InChI=1S/C25H37N3O2/c1-19-8-7-12-22(18-19)24(29)27-16-14-26(15-17-27)23(21-10-3-4-11-21)25(30)28-13-6-5-9-20(28)2/h7-8,12,18,20-21,23H,3-6,9-11,13-17H2,1-2H3/t20-,23-/m1/s1. The Kier molecular flexibility index (Phi) is 6.77. The Labute approximate surface area is 181 Å². The van der Waals surface area contributed by atoms with Gasteiger partial charge in [0.25, 0.3) is 5.91 Å². The first-order valence-electron chi connectivity index (χ1n) is 11.9. The van der Waals surface area contributed by atoms with Gasteiger partial charge in [0, 0.05) is 44.3 Å². The fraction of sp³-hybridized carbons (Fsp3) is 0.680. The molecule has 2 aliphatic heterocycles. The van der Waals surface area contributed by atoms with E-state index < -0.39 is 0 Å². The molecule has 3 fully saturated rings. The van der Waals surface area contributed by atoms with Crippen LogP contribution < -0.4 is 0 Å². The highest BCUT2D eigenvalue weighted by Gasteiger charge is 2.40. The average Bonchev–Trinajstić information content (AvgIpc) is 3.28. The van der Waals surface area contributed by atoms with E-state index in [-0.39, 0.29) is 11.9 Å². The predicted octanol–water partition coefficient (Wildman–Crippen LogP) is 3.71. The molecule has 1 aliphatic carbocycles. The minimum absolute atomic E-state index is 0.00396. The number of rotatable bonds is 4. The lowest BCUT2D eigenvalue weighted by molar-refractivity contribution is -0.143. The van der Waals surface area contributed by atoms with Crippen molar-refractivity contribution in [1.29, 1.82) is 0 Å². The Hall–Kier alpha value is -1.88. The number of piperidine rings is 1. The number of piperazine rings is 1. The highest BCUT2D eigenvalue weighted by molar-refractivity contribution is 5.94. The molecule has 3 aliphatic rings.